The molecule has 41 heavy (non-hydrogen) atoms. The average Bonchev–Trinajstić information content (AvgIpc) is 2.88. The van der Waals surface area contributed by atoms with Crippen LogP contribution in [0.2, 0.25) is 0 Å². The first-order valence-corrected chi connectivity index (χ1v) is 14.9. The second kappa shape index (κ2) is 16.4. The summed E-state index contributed by atoms with van der Waals surface area (Å²) in [5.41, 5.74) is 6.64. The number of nitrogens with two attached hydrogens (primary N) is 1. The number of carbonyl (C=O) groups excluding carboxylic acids is 2. The summed E-state index contributed by atoms with van der Waals surface area (Å²) < 4.78 is 12.0. The van der Waals surface area contributed by atoms with Crippen molar-refractivity contribution in [1.29, 1.82) is 0 Å². The number of carbonyl (C=O) groups is 2. The Morgan fingerprint density at radius 1 is 1.20 bits per heavy atom. The molecule has 1 aliphatic rings. The number of aryl methyl sites for hydroxylation is 1. The third kappa shape index (κ3) is 11.7. The van der Waals surface area contributed by atoms with Gasteiger partial charge in [0.15, 0.2) is 0 Å². The number of esters is 1. The van der Waals surface area contributed by atoms with Gasteiger partial charge in [0.25, 0.3) is 0 Å². The van der Waals surface area contributed by atoms with E-state index in [1.807, 2.05) is 65.0 Å². The van der Waals surface area contributed by atoms with Gasteiger partial charge in [-0.1, -0.05) is 105 Å². The normalized spacial score (nSPS) is 26.8. The Bertz CT molecular complexity index is 1220. The second-order valence-corrected chi connectivity index (χ2v) is 12.4. The standard InChI is InChI=1S/C34H44BrNO5/c1-23-13-11-17-30(37)41-29(25(3)19-18-24(2)22-27(21-23)40-33(36)39)16-9-7-8-10-20-34(5,6)32(38)28-15-12-14-26(4)31(28)35/h9-12,14-20,23-25,27,29,32,38H,13,21-22H2,1-6H3,(H2,36,39)/b16-9+,17-11-,19-18+,20-10+/t23-,24+,25+,27-,29?,32?/m0/s1. The van der Waals surface area contributed by atoms with Gasteiger partial charge in [0.1, 0.15) is 12.2 Å². The molecule has 3 N–H and O–H groups in total. The summed E-state index contributed by atoms with van der Waals surface area (Å²) in [4.78, 5) is 23.9. The number of allylic oxidation sites excluding steroid dienone is 4. The van der Waals surface area contributed by atoms with E-state index in [1.165, 1.54) is 6.08 Å². The monoisotopic (exact) mass is 625 g/mol. The summed E-state index contributed by atoms with van der Waals surface area (Å²) in [6.45, 7) is 12.0. The molecular weight excluding hydrogens is 582 g/mol. The number of hydrogen-bond acceptors (Lipinski definition) is 5. The number of halogens is 1. The van der Waals surface area contributed by atoms with Crippen molar-refractivity contribution in [3.63, 3.8) is 0 Å². The zero-order chi connectivity index (χ0) is 30.6. The van der Waals surface area contributed by atoms with Gasteiger partial charge in [0.2, 0.25) is 0 Å². The lowest BCUT2D eigenvalue weighted by atomic mass is 9.82. The van der Waals surface area contributed by atoms with Crippen molar-refractivity contribution < 1.29 is 24.2 Å². The molecule has 2 unspecified atom stereocenters. The molecule has 1 heterocycles. The maximum Gasteiger partial charge on any atom is 0.404 e. The zero-order valence-corrected chi connectivity index (χ0v) is 26.6. The molecule has 0 fully saturated rings. The minimum atomic E-state index is -0.771. The van der Waals surface area contributed by atoms with Gasteiger partial charge in [0, 0.05) is 21.9 Å². The highest BCUT2D eigenvalue weighted by molar-refractivity contribution is 9.10. The van der Waals surface area contributed by atoms with Crippen LogP contribution in [0, 0.1) is 41.9 Å². The van der Waals surface area contributed by atoms with Crippen LogP contribution in [0.3, 0.4) is 0 Å². The molecule has 1 aromatic carbocycles. The maximum atomic E-state index is 12.5. The van der Waals surface area contributed by atoms with Crippen molar-refractivity contribution in [3.8, 4) is 11.8 Å². The minimum Gasteiger partial charge on any atom is -0.454 e. The number of ether oxygens (including phenoxy) is 2. The van der Waals surface area contributed by atoms with Gasteiger partial charge in [-0.25, -0.2) is 9.59 Å². The van der Waals surface area contributed by atoms with Crippen molar-refractivity contribution in [2.24, 2.45) is 28.9 Å². The minimum absolute atomic E-state index is 0.109. The maximum absolute atomic E-state index is 12.5. The number of primary amides is 1. The number of aliphatic hydroxyl groups is 1. The quantitative estimate of drug-likeness (QED) is 0.200. The SMILES string of the molecule is Cc1cccc(C(O)C(C)(C)/C=C/C#C/C=C/C2OC(=O)/C=C\C[C@H](C)C[C@H](OC(N)=O)C[C@H](C)/C=C/[C@H]2C)c1Br. The number of cyclic esters (lactones) is 1. The van der Waals surface area contributed by atoms with Crippen LogP contribution in [0.1, 0.15) is 71.1 Å². The number of hydrogen-bond donors (Lipinski definition) is 2. The van der Waals surface area contributed by atoms with Gasteiger partial charge in [-0.15, -0.1) is 0 Å². The molecular formula is C34H44BrNO5. The first-order chi connectivity index (χ1) is 19.3. The lowest BCUT2D eigenvalue weighted by molar-refractivity contribution is -0.142. The Morgan fingerprint density at radius 2 is 1.90 bits per heavy atom. The molecule has 222 valence electrons. The highest BCUT2D eigenvalue weighted by Gasteiger charge is 2.28. The molecule has 0 bridgehead atoms. The fourth-order valence-electron chi connectivity index (χ4n) is 4.63. The van der Waals surface area contributed by atoms with Crippen LogP contribution >= 0.6 is 15.9 Å². The number of benzene rings is 1. The van der Waals surface area contributed by atoms with Crippen LogP contribution in [-0.2, 0) is 14.3 Å². The van der Waals surface area contributed by atoms with Crippen LogP contribution in [0.5, 0.6) is 0 Å². The Labute approximate surface area is 253 Å². The second-order valence-electron chi connectivity index (χ2n) is 11.6. The molecule has 1 aromatic rings. The lowest BCUT2D eigenvalue weighted by Crippen LogP contribution is -2.26. The predicted octanol–water partition coefficient (Wildman–Crippen LogP) is 7.51. The summed E-state index contributed by atoms with van der Waals surface area (Å²) in [5, 5.41) is 11.0. The molecule has 0 aromatic heterocycles. The Hall–Kier alpha value is -3.08. The third-order valence-corrected chi connectivity index (χ3v) is 8.24. The lowest BCUT2D eigenvalue weighted by Gasteiger charge is -2.28. The Kier molecular flexibility index (Phi) is 13.6. The molecule has 2 rings (SSSR count). The fourth-order valence-corrected chi connectivity index (χ4v) is 5.11. The fraction of sp³-hybridized carbons (Fsp3) is 0.471. The first kappa shape index (κ1) is 34.1. The summed E-state index contributed by atoms with van der Waals surface area (Å²) in [7, 11) is 0. The van der Waals surface area contributed by atoms with E-state index < -0.39 is 29.7 Å². The van der Waals surface area contributed by atoms with Crippen LogP contribution in [-0.4, -0.2) is 29.4 Å². The Balaban J connectivity index is 2.15. The summed E-state index contributed by atoms with van der Waals surface area (Å²) in [5.74, 6) is 5.78. The van der Waals surface area contributed by atoms with Crippen LogP contribution in [0.4, 0.5) is 4.79 Å². The molecule has 1 amide bonds. The summed E-state index contributed by atoms with van der Waals surface area (Å²) >= 11 is 3.59. The third-order valence-electron chi connectivity index (χ3n) is 7.16. The molecule has 0 saturated heterocycles. The van der Waals surface area contributed by atoms with E-state index in [4.69, 9.17) is 15.2 Å². The number of aliphatic hydroxyl groups excluding tert-OH is 1. The summed E-state index contributed by atoms with van der Waals surface area (Å²) in [6.07, 6.45) is 14.1. The van der Waals surface area contributed by atoms with Crippen molar-refractivity contribution in [3.05, 3.63) is 82.4 Å². The molecule has 0 spiro atoms. The molecule has 0 aliphatic carbocycles. The van der Waals surface area contributed by atoms with Gasteiger partial charge in [0.05, 0.1) is 6.10 Å². The van der Waals surface area contributed by atoms with Gasteiger partial charge in [-0.3, -0.25) is 0 Å². The van der Waals surface area contributed by atoms with E-state index in [1.54, 1.807) is 24.3 Å². The Morgan fingerprint density at radius 3 is 2.61 bits per heavy atom. The predicted molar refractivity (Wildman–Crippen MR) is 168 cm³/mol. The largest absolute Gasteiger partial charge is 0.454 e. The number of rotatable bonds is 5. The highest BCUT2D eigenvalue weighted by atomic mass is 79.9. The van der Waals surface area contributed by atoms with Crippen molar-refractivity contribution >= 4 is 28.0 Å². The topological polar surface area (TPSA) is 98.8 Å². The van der Waals surface area contributed by atoms with Gasteiger partial charge >= 0.3 is 12.1 Å². The van der Waals surface area contributed by atoms with E-state index in [9.17, 15) is 14.7 Å². The van der Waals surface area contributed by atoms with Crippen LogP contribution < -0.4 is 5.73 Å². The molecule has 0 radical (unpaired) electrons. The van der Waals surface area contributed by atoms with E-state index in [0.717, 1.165) is 15.6 Å². The van der Waals surface area contributed by atoms with E-state index in [-0.39, 0.29) is 23.9 Å². The summed E-state index contributed by atoms with van der Waals surface area (Å²) in [6, 6.07) is 5.84. The van der Waals surface area contributed by atoms with Gasteiger partial charge in [-0.05, 0) is 67.4 Å². The van der Waals surface area contributed by atoms with Crippen molar-refractivity contribution in [2.45, 2.75) is 79.1 Å². The van der Waals surface area contributed by atoms with E-state index in [0.29, 0.717) is 19.3 Å². The van der Waals surface area contributed by atoms with E-state index >= 15 is 0 Å². The zero-order valence-electron chi connectivity index (χ0n) is 25.0. The van der Waals surface area contributed by atoms with Gasteiger partial charge in [-0.2, -0.15) is 0 Å². The molecule has 0 saturated carbocycles. The van der Waals surface area contributed by atoms with Crippen molar-refractivity contribution in [2.75, 3.05) is 0 Å². The average molecular weight is 627 g/mol. The highest BCUT2D eigenvalue weighted by Crippen LogP contribution is 2.38. The van der Waals surface area contributed by atoms with E-state index in [2.05, 4.69) is 40.8 Å². The molecule has 6 atom stereocenters. The smallest absolute Gasteiger partial charge is 0.404 e. The molecule has 7 heteroatoms. The van der Waals surface area contributed by atoms with Crippen molar-refractivity contribution in [1.82, 2.24) is 0 Å². The first-order valence-electron chi connectivity index (χ1n) is 14.1. The molecule has 6 nitrogen and oxygen atoms in total. The van der Waals surface area contributed by atoms with Gasteiger partial charge < -0.3 is 20.3 Å². The number of amides is 1. The van der Waals surface area contributed by atoms with Crippen LogP contribution in [0.15, 0.2) is 71.3 Å². The molecule has 1 aliphatic heterocycles. The van der Waals surface area contributed by atoms with Crippen LogP contribution in [0.25, 0.3) is 0 Å².